The number of nitrogens with zero attached hydrogens (tertiary/aromatic N) is 1. The van der Waals surface area contributed by atoms with Gasteiger partial charge in [-0.25, -0.2) is 0 Å². The van der Waals surface area contributed by atoms with Crippen molar-refractivity contribution < 1.29 is 4.74 Å². The Morgan fingerprint density at radius 2 is 2.05 bits per heavy atom. The summed E-state index contributed by atoms with van der Waals surface area (Å²) in [6.45, 7) is 6.68. The van der Waals surface area contributed by atoms with Crippen molar-refractivity contribution in [2.75, 3.05) is 39.3 Å². The Labute approximate surface area is 115 Å². The minimum atomic E-state index is 0.824. The normalized spacial score (nSPS) is 20.4. The molecule has 1 saturated carbocycles. The van der Waals surface area contributed by atoms with Crippen molar-refractivity contribution in [1.82, 2.24) is 10.2 Å². The zero-order valence-corrected chi connectivity index (χ0v) is 11.6. The maximum atomic E-state index is 5.84. The van der Waals surface area contributed by atoms with Crippen LogP contribution in [0.3, 0.4) is 0 Å². The van der Waals surface area contributed by atoms with E-state index in [1.54, 1.807) is 0 Å². The van der Waals surface area contributed by atoms with Gasteiger partial charge in [0.2, 0.25) is 0 Å². The summed E-state index contributed by atoms with van der Waals surface area (Å²) < 4.78 is 5.84. The fourth-order valence-corrected chi connectivity index (χ4v) is 2.51. The quantitative estimate of drug-likeness (QED) is 0.846. The van der Waals surface area contributed by atoms with Gasteiger partial charge in [0.05, 0.1) is 6.61 Å². The van der Waals surface area contributed by atoms with Crippen LogP contribution in [0.25, 0.3) is 0 Å². The molecule has 3 rings (SSSR count). The lowest BCUT2D eigenvalue weighted by Crippen LogP contribution is -2.44. The molecule has 1 aromatic carbocycles. The molecule has 0 spiro atoms. The SMILES string of the molecule is c1cc(CCN2CCNCC2)cc(OCC2CC2)c1. The van der Waals surface area contributed by atoms with Crippen molar-refractivity contribution in [3.05, 3.63) is 29.8 Å². The molecular weight excluding hydrogens is 236 g/mol. The Bertz CT molecular complexity index is 397. The smallest absolute Gasteiger partial charge is 0.119 e. The maximum Gasteiger partial charge on any atom is 0.119 e. The highest BCUT2D eigenvalue weighted by atomic mass is 16.5. The lowest BCUT2D eigenvalue weighted by Gasteiger charge is -2.27. The van der Waals surface area contributed by atoms with Gasteiger partial charge in [-0.05, 0) is 42.9 Å². The molecule has 2 fully saturated rings. The van der Waals surface area contributed by atoms with Crippen LogP contribution >= 0.6 is 0 Å². The average molecular weight is 260 g/mol. The Kier molecular flexibility index (Phi) is 4.36. The minimum absolute atomic E-state index is 0.824. The summed E-state index contributed by atoms with van der Waals surface area (Å²) in [5.74, 6) is 1.87. The first-order chi connectivity index (χ1) is 9.40. The van der Waals surface area contributed by atoms with Gasteiger partial charge in [-0.1, -0.05) is 12.1 Å². The molecule has 0 amide bonds. The van der Waals surface area contributed by atoms with Crippen LogP contribution in [-0.4, -0.2) is 44.2 Å². The molecule has 0 atom stereocenters. The zero-order valence-electron chi connectivity index (χ0n) is 11.6. The van der Waals surface area contributed by atoms with E-state index in [-0.39, 0.29) is 0 Å². The molecule has 3 nitrogen and oxygen atoms in total. The molecule has 1 aliphatic heterocycles. The first-order valence-corrected chi connectivity index (χ1v) is 7.55. The fourth-order valence-electron chi connectivity index (χ4n) is 2.51. The monoisotopic (exact) mass is 260 g/mol. The summed E-state index contributed by atoms with van der Waals surface area (Å²) in [4.78, 5) is 2.54. The van der Waals surface area contributed by atoms with Gasteiger partial charge in [0.1, 0.15) is 5.75 Å². The van der Waals surface area contributed by atoms with Crippen LogP contribution in [0, 0.1) is 5.92 Å². The van der Waals surface area contributed by atoms with Crippen LogP contribution in [-0.2, 0) is 6.42 Å². The topological polar surface area (TPSA) is 24.5 Å². The van der Waals surface area contributed by atoms with E-state index in [9.17, 15) is 0 Å². The van der Waals surface area contributed by atoms with Gasteiger partial charge in [-0.3, -0.25) is 0 Å². The number of piperazine rings is 1. The lowest BCUT2D eigenvalue weighted by molar-refractivity contribution is 0.243. The van der Waals surface area contributed by atoms with E-state index in [4.69, 9.17) is 4.74 Å². The first-order valence-electron chi connectivity index (χ1n) is 7.55. The highest BCUT2D eigenvalue weighted by Crippen LogP contribution is 2.29. The van der Waals surface area contributed by atoms with Gasteiger partial charge < -0.3 is 15.0 Å². The summed E-state index contributed by atoms with van der Waals surface area (Å²) in [5.41, 5.74) is 1.40. The van der Waals surface area contributed by atoms with Crippen LogP contribution in [0.1, 0.15) is 18.4 Å². The molecule has 1 heterocycles. The fraction of sp³-hybridized carbons (Fsp3) is 0.625. The molecule has 1 N–H and O–H groups in total. The van der Waals surface area contributed by atoms with E-state index < -0.39 is 0 Å². The highest BCUT2D eigenvalue weighted by molar-refractivity contribution is 5.28. The predicted octanol–water partition coefficient (Wildman–Crippen LogP) is 1.92. The Hall–Kier alpha value is -1.06. The molecule has 1 saturated heterocycles. The second-order valence-electron chi connectivity index (χ2n) is 5.74. The van der Waals surface area contributed by atoms with Crippen molar-refractivity contribution in [1.29, 1.82) is 0 Å². The third kappa shape index (κ3) is 4.22. The van der Waals surface area contributed by atoms with Gasteiger partial charge in [-0.15, -0.1) is 0 Å². The zero-order chi connectivity index (χ0) is 12.9. The number of benzene rings is 1. The molecule has 19 heavy (non-hydrogen) atoms. The van der Waals surface area contributed by atoms with Crippen LogP contribution in [0.4, 0.5) is 0 Å². The van der Waals surface area contributed by atoms with E-state index in [0.29, 0.717) is 0 Å². The summed E-state index contributed by atoms with van der Waals surface area (Å²) in [7, 11) is 0. The molecule has 0 aromatic heterocycles. The van der Waals surface area contributed by atoms with Crippen LogP contribution in [0.15, 0.2) is 24.3 Å². The Morgan fingerprint density at radius 3 is 2.84 bits per heavy atom. The summed E-state index contributed by atoms with van der Waals surface area (Å²) in [6, 6.07) is 8.63. The predicted molar refractivity (Wildman–Crippen MR) is 77.7 cm³/mol. The molecule has 1 aromatic rings. The molecular formula is C16H24N2O. The number of rotatable bonds is 6. The molecule has 0 bridgehead atoms. The van der Waals surface area contributed by atoms with E-state index >= 15 is 0 Å². The highest BCUT2D eigenvalue weighted by Gasteiger charge is 2.21. The van der Waals surface area contributed by atoms with Crippen LogP contribution in [0.5, 0.6) is 5.75 Å². The molecule has 2 aliphatic rings. The first kappa shape index (κ1) is 12.9. The van der Waals surface area contributed by atoms with Crippen molar-refractivity contribution in [2.24, 2.45) is 5.92 Å². The number of nitrogens with one attached hydrogen (secondary N) is 1. The summed E-state index contributed by atoms with van der Waals surface area (Å²) in [6.07, 6.45) is 3.83. The van der Waals surface area contributed by atoms with Gasteiger partial charge in [-0.2, -0.15) is 0 Å². The summed E-state index contributed by atoms with van der Waals surface area (Å²) in [5, 5.41) is 3.39. The maximum absolute atomic E-state index is 5.84. The van der Waals surface area contributed by atoms with Crippen molar-refractivity contribution >= 4 is 0 Å². The Morgan fingerprint density at radius 1 is 1.21 bits per heavy atom. The second-order valence-corrected chi connectivity index (χ2v) is 5.74. The van der Waals surface area contributed by atoms with Crippen LogP contribution < -0.4 is 10.1 Å². The third-order valence-electron chi connectivity index (χ3n) is 4.01. The lowest BCUT2D eigenvalue weighted by atomic mass is 10.1. The van der Waals surface area contributed by atoms with Gasteiger partial charge in [0.25, 0.3) is 0 Å². The van der Waals surface area contributed by atoms with Gasteiger partial charge in [0, 0.05) is 32.7 Å². The number of hydrogen-bond donors (Lipinski definition) is 1. The van der Waals surface area contributed by atoms with Crippen molar-refractivity contribution in [3.8, 4) is 5.75 Å². The Balaban J connectivity index is 1.47. The second kappa shape index (κ2) is 6.40. The average Bonchev–Trinajstić information content (AvgIpc) is 3.29. The van der Waals surface area contributed by atoms with Crippen LogP contribution in [0.2, 0.25) is 0 Å². The van der Waals surface area contributed by atoms with E-state index in [1.807, 2.05) is 0 Å². The molecule has 0 radical (unpaired) electrons. The minimum Gasteiger partial charge on any atom is -0.493 e. The molecule has 0 unspecified atom stereocenters. The largest absolute Gasteiger partial charge is 0.493 e. The van der Waals surface area contributed by atoms with Crippen molar-refractivity contribution in [2.45, 2.75) is 19.3 Å². The van der Waals surface area contributed by atoms with E-state index in [0.717, 1.165) is 44.3 Å². The van der Waals surface area contributed by atoms with E-state index in [2.05, 4.69) is 34.5 Å². The standard InChI is InChI=1S/C16H24N2O/c1-2-14(6-9-18-10-7-17-8-11-18)12-16(3-1)19-13-15-4-5-15/h1-3,12,15,17H,4-11,13H2. The van der Waals surface area contributed by atoms with Gasteiger partial charge >= 0.3 is 0 Å². The van der Waals surface area contributed by atoms with E-state index in [1.165, 1.54) is 31.5 Å². The number of hydrogen-bond acceptors (Lipinski definition) is 3. The number of ether oxygens (including phenoxy) is 1. The van der Waals surface area contributed by atoms with Gasteiger partial charge in [0.15, 0.2) is 0 Å². The molecule has 1 aliphatic carbocycles. The molecule has 104 valence electrons. The third-order valence-corrected chi connectivity index (χ3v) is 4.01. The van der Waals surface area contributed by atoms with Crippen molar-refractivity contribution in [3.63, 3.8) is 0 Å². The molecule has 3 heteroatoms. The summed E-state index contributed by atoms with van der Waals surface area (Å²) >= 11 is 0.